The van der Waals surface area contributed by atoms with Gasteiger partial charge in [0.05, 0.1) is 17.1 Å². The molecule has 4 aromatic carbocycles. The van der Waals surface area contributed by atoms with Crippen molar-refractivity contribution in [2.45, 2.75) is 132 Å². The first kappa shape index (κ1) is 39.9. The van der Waals surface area contributed by atoms with Crippen molar-refractivity contribution in [2.75, 3.05) is 17.2 Å². The lowest BCUT2D eigenvalue weighted by atomic mass is 9.44. The third-order valence-electron chi connectivity index (χ3n) is 18.6. The molecule has 330 valence electrons. The number of rotatable bonds is 9. The molecular formula is C54H60Cl3N3O3. The zero-order valence-electron chi connectivity index (χ0n) is 36.2. The Balaban J connectivity index is 1.19. The second kappa shape index (κ2) is 14.3. The maximum atomic E-state index is 7.79. The van der Waals surface area contributed by atoms with Gasteiger partial charge in [0.2, 0.25) is 0 Å². The molecule has 0 amide bonds. The molecule has 0 saturated heterocycles. The summed E-state index contributed by atoms with van der Waals surface area (Å²) in [4.78, 5) is 0. The van der Waals surface area contributed by atoms with Crippen LogP contribution in [0.5, 0.6) is 34.5 Å². The van der Waals surface area contributed by atoms with E-state index in [4.69, 9.17) is 66.2 Å². The van der Waals surface area contributed by atoms with E-state index in [1.165, 1.54) is 74.5 Å². The molecule has 6 nitrogen and oxygen atoms in total. The van der Waals surface area contributed by atoms with Crippen molar-refractivity contribution in [1.29, 1.82) is 0 Å². The molecule has 6 N–H and O–H groups in total. The van der Waals surface area contributed by atoms with Crippen LogP contribution in [-0.2, 0) is 16.2 Å². The highest BCUT2D eigenvalue weighted by atomic mass is 35.5. The van der Waals surface area contributed by atoms with Gasteiger partial charge in [-0.3, -0.25) is 0 Å². The molecule has 12 aliphatic carbocycles. The number of halogens is 3. The van der Waals surface area contributed by atoms with Crippen LogP contribution in [0.25, 0.3) is 0 Å². The molecule has 63 heavy (non-hydrogen) atoms. The SMILES string of the molecule is Nc1cc(Cl)ccc1Oc1c(C23CC4CC(CC(C4)C2)C3)c(Oc2ccc(Cl)cc2N)c(C23CC4CC(CC(C4)C2)C3)c(Oc2ccc(Cl)cc2N)c1C12CC3CC(CC(C3)C1)C2. The molecule has 0 unspecified atom stereocenters. The minimum Gasteiger partial charge on any atom is -0.454 e. The van der Waals surface area contributed by atoms with E-state index >= 15 is 0 Å². The zero-order valence-corrected chi connectivity index (χ0v) is 38.5. The first-order chi connectivity index (χ1) is 30.4. The van der Waals surface area contributed by atoms with Crippen molar-refractivity contribution in [1.82, 2.24) is 0 Å². The van der Waals surface area contributed by atoms with E-state index in [-0.39, 0.29) is 16.2 Å². The fourth-order valence-corrected chi connectivity index (χ4v) is 18.4. The van der Waals surface area contributed by atoms with Gasteiger partial charge in [0, 0.05) is 48.0 Å². The fourth-order valence-electron chi connectivity index (χ4n) is 17.9. The third-order valence-corrected chi connectivity index (χ3v) is 19.3. The molecule has 12 bridgehead atoms. The molecule has 12 aliphatic rings. The van der Waals surface area contributed by atoms with Gasteiger partial charge in [-0.05, 0) is 223 Å². The van der Waals surface area contributed by atoms with E-state index in [0.29, 0.717) is 103 Å². The number of ether oxygens (including phenoxy) is 3. The minimum absolute atomic E-state index is 0.159. The molecule has 12 fully saturated rings. The van der Waals surface area contributed by atoms with Crippen LogP contribution in [0, 0.1) is 53.3 Å². The molecule has 9 heteroatoms. The van der Waals surface area contributed by atoms with Gasteiger partial charge in [0.15, 0.2) is 0 Å². The van der Waals surface area contributed by atoms with Crippen molar-refractivity contribution >= 4 is 51.9 Å². The summed E-state index contributed by atoms with van der Waals surface area (Å²) in [5, 5.41) is 1.76. The maximum absolute atomic E-state index is 7.79. The highest BCUT2D eigenvalue weighted by Gasteiger charge is 2.62. The van der Waals surface area contributed by atoms with E-state index in [0.717, 1.165) is 75.0 Å². The van der Waals surface area contributed by atoms with Crippen LogP contribution in [0.4, 0.5) is 17.1 Å². The van der Waals surface area contributed by atoms with Crippen LogP contribution >= 0.6 is 34.8 Å². The van der Waals surface area contributed by atoms with Gasteiger partial charge in [-0.1, -0.05) is 34.8 Å². The Morgan fingerprint density at radius 1 is 0.349 bits per heavy atom. The van der Waals surface area contributed by atoms with Crippen molar-refractivity contribution in [3.8, 4) is 34.5 Å². The number of benzene rings is 4. The predicted octanol–water partition coefficient (Wildman–Crippen LogP) is 15.2. The largest absolute Gasteiger partial charge is 0.454 e. The second-order valence-electron chi connectivity index (χ2n) is 23.1. The average Bonchev–Trinajstić information content (AvgIpc) is 3.19. The lowest BCUT2D eigenvalue weighted by molar-refractivity contribution is -0.0152. The third kappa shape index (κ3) is 6.44. The van der Waals surface area contributed by atoms with Gasteiger partial charge >= 0.3 is 0 Å². The Labute approximate surface area is 387 Å². The Morgan fingerprint density at radius 2 is 0.556 bits per heavy atom. The topological polar surface area (TPSA) is 106 Å². The van der Waals surface area contributed by atoms with Crippen LogP contribution < -0.4 is 31.4 Å². The summed E-state index contributed by atoms with van der Waals surface area (Å²) in [5.41, 5.74) is 25.8. The monoisotopic (exact) mass is 903 g/mol. The molecule has 4 aromatic rings. The normalized spacial score (nSPS) is 37.5. The summed E-state index contributed by atoms with van der Waals surface area (Å²) in [6.07, 6.45) is 22.0. The molecule has 0 heterocycles. The lowest BCUT2D eigenvalue weighted by Gasteiger charge is -2.61. The lowest BCUT2D eigenvalue weighted by Crippen LogP contribution is -2.52. The van der Waals surface area contributed by atoms with Gasteiger partial charge in [0.25, 0.3) is 0 Å². The molecule has 16 rings (SSSR count). The van der Waals surface area contributed by atoms with E-state index in [9.17, 15) is 0 Å². The average molecular weight is 905 g/mol. The Kier molecular flexibility index (Phi) is 9.04. The summed E-state index contributed by atoms with van der Waals surface area (Å²) >= 11 is 19.9. The Bertz CT molecular complexity index is 2150. The zero-order chi connectivity index (χ0) is 42.6. The van der Waals surface area contributed by atoms with Gasteiger partial charge in [-0.25, -0.2) is 0 Å². The standard InChI is InChI=1S/C54H60Cl3N3O3/c55-37-1-4-43(40(58)16-37)61-49-46(52-19-28-7-29(20-52)9-30(8-28)21-52)50(62-44-5-2-38(56)17-41(44)59)48(54-25-34-13-35(26-54)15-36(14-34)27-54)51(63-45-6-3-39(57)18-42(45)60)47(49)53-22-31-10-32(23-53)12-33(11-31)24-53/h1-6,16-18,28-36H,7-15,19-27,58-60H2. The second-order valence-corrected chi connectivity index (χ2v) is 24.4. The number of hydrogen-bond donors (Lipinski definition) is 3. The van der Waals surface area contributed by atoms with Crippen LogP contribution in [0.3, 0.4) is 0 Å². The number of hydrogen-bond acceptors (Lipinski definition) is 6. The number of nitrogen functional groups attached to an aromatic ring is 3. The van der Waals surface area contributed by atoms with E-state index in [2.05, 4.69) is 0 Å². The van der Waals surface area contributed by atoms with Crippen LogP contribution in [0.2, 0.25) is 15.1 Å². The summed E-state index contributed by atoms with van der Waals surface area (Å²) in [7, 11) is 0. The molecule has 0 radical (unpaired) electrons. The first-order valence-corrected chi connectivity index (χ1v) is 25.5. The number of anilines is 3. The van der Waals surface area contributed by atoms with Crippen molar-refractivity contribution in [2.24, 2.45) is 53.3 Å². The first-order valence-electron chi connectivity index (χ1n) is 24.3. The Morgan fingerprint density at radius 3 is 0.746 bits per heavy atom. The van der Waals surface area contributed by atoms with E-state index in [1.807, 2.05) is 54.6 Å². The van der Waals surface area contributed by atoms with Crippen molar-refractivity contribution < 1.29 is 14.2 Å². The summed E-state index contributed by atoms with van der Waals surface area (Å²) < 4.78 is 23.4. The molecule has 0 spiro atoms. The maximum Gasteiger partial charge on any atom is 0.150 e. The van der Waals surface area contributed by atoms with Crippen molar-refractivity contribution in [3.05, 3.63) is 86.4 Å². The fraction of sp³-hybridized carbons (Fsp3) is 0.556. The number of nitrogens with two attached hydrogens (primary N) is 3. The molecule has 12 saturated carbocycles. The van der Waals surface area contributed by atoms with Crippen LogP contribution in [0.1, 0.15) is 132 Å². The minimum atomic E-state index is -0.159. The van der Waals surface area contributed by atoms with Gasteiger partial charge in [0.1, 0.15) is 34.5 Å². The smallest absolute Gasteiger partial charge is 0.150 e. The van der Waals surface area contributed by atoms with Crippen LogP contribution in [0.15, 0.2) is 54.6 Å². The van der Waals surface area contributed by atoms with E-state index < -0.39 is 0 Å². The Hall–Kier alpha value is -3.45. The van der Waals surface area contributed by atoms with Gasteiger partial charge in [-0.15, -0.1) is 0 Å². The molecule has 0 atom stereocenters. The summed E-state index contributed by atoms with van der Waals surface area (Å²) in [5.74, 6) is 10.7. The predicted molar refractivity (Wildman–Crippen MR) is 254 cm³/mol. The summed E-state index contributed by atoms with van der Waals surface area (Å²) in [6.45, 7) is 0. The summed E-state index contributed by atoms with van der Waals surface area (Å²) in [6, 6.07) is 17.1. The van der Waals surface area contributed by atoms with Gasteiger partial charge in [-0.2, -0.15) is 0 Å². The highest BCUT2D eigenvalue weighted by Crippen LogP contribution is 2.73. The van der Waals surface area contributed by atoms with Gasteiger partial charge < -0.3 is 31.4 Å². The quantitative estimate of drug-likeness (QED) is 0.145. The molecular weight excluding hydrogens is 845 g/mol. The van der Waals surface area contributed by atoms with Crippen LogP contribution in [-0.4, -0.2) is 0 Å². The van der Waals surface area contributed by atoms with E-state index in [1.54, 1.807) is 0 Å². The highest BCUT2D eigenvalue weighted by molar-refractivity contribution is 6.31. The molecule has 0 aromatic heterocycles. The van der Waals surface area contributed by atoms with Crippen molar-refractivity contribution in [3.63, 3.8) is 0 Å². The molecule has 0 aliphatic heterocycles.